The molecule has 0 bridgehead atoms. The number of thioether (sulfide) groups is 1. The van der Waals surface area contributed by atoms with Gasteiger partial charge in [-0.25, -0.2) is 4.79 Å². The van der Waals surface area contributed by atoms with Crippen LogP contribution in [0.15, 0.2) is 34.9 Å². The molecule has 31 heavy (non-hydrogen) atoms. The topological polar surface area (TPSA) is 104 Å². The third-order valence-corrected chi connectivity index (χ3v) is 5.99. The number of amides is 1. The Morgan fingerprint density at radius 3 is 2.06 bits per heavy atom. The normalized spacial score (nSPS) is 19.1. The van der Waals surface area contributed by atoms with Crippen molar-refractivity contribution in [2.24, 2.45) is 11.8 Å². The maximum absolute atomic E-state index is 12.0. The Bertz CT molecular complexity index is 707. The van der Waals surface area contributed by atoms with Crippen molar-refractivity contribution in [1.29, 1.82) is 0 Å². The first kappa shape index (κ1) is 29.0. The molecule has 0 aromatic heterocycles. The largest absolute Gasteiger partial charge is 0.481 e. The molecule has 1 aliphatic rings. The molecule has 0 spiro atoms. The van der Waals surface area contributed by atoms with Crippen molar-refractivity contribution in [1.82, 2.24) is 5.32 Å². The summed E-state index contributed by atoms with van der Waals surface area (Å²) in [6.45, 7) is 8.45. The molecule has 3 N–H and O–H groups in total. The predicted molar refractivity (Wildman–Crippen MR) is 128 cm³/mol. The molecule has 3 atom stereocenters. The smallest absolute Gasteiger partial charge is 0.327 e. The minimum atomic E-state index is -1.10. The van der Waals surface area contributed by atoms with Gasteiger partial charge in [-0.2, -0.15) is 11.8 Å². The van der Waals surface area contributed by atoms with Crippen molar-refractivity contribution in [3.63, 3.8) is 0 Å². The maximum Gasteiger partial charge on any atom is 0.327 e. The standard InChI is InChI=1S/C23H35NO5S.CH4/c1-15(2)7-5-8-16(3)9-6-10-17(4)11-12-30-14-20(23(28)29)24-21(25)18-13-19(18)22(26)27;/h7,9,11,18-20H,5-6,8,10,12-14H2,1-4H3,(H,24,25)(H,26,27)(H,28,29);1H4/b16-9+,17-11+;/t18?,19?,20-;/m0./s1. The lowest BCUT2D eigenvalue weighted by atomic mass is 10.1. The Kier molecular flexibility index (Phi) is 13.9. The molecule has 1 saturated carbocycles. The van der Waals surface area contributed by atoms with Crippen molar-refractivity contribution >= 4 is 29.6 Å². The second kappa shape index (κ2) is 14.9. The lowest BCUT2D eigenvalue weighted by molar-refractivity contribution is -0.142. The van der Waals surface area contributed by atoms with Crippen LogP contribution in [-0.4, -0.2) is 45.6 Å². The van der Waals surface area contributed by atoms with Gasteiger partial charge in [-0.05, 0) is 59.8 Å². The van der Waals surface area contributed by atoms with Gasteiger partial charge in [-0.3, -0.25) is 9.59 Å². The third kappa shape index (κ3) is 12.4. The van der Waals surface area contributed by atoms with Gasteiger partial charge < -0.3 is 15.5 Å². The minimum absolute atomic E-state index is 0. The van der Waals surface area contributed by atoms with E-state index in [-0.39, 0.29) is 19.6 Å². The molecule has 1 fully saturated rings. The van der Waals surface area contributed by atoms with Crippen LogP contribution in [0.1, 0.15) is 67.2 Å². The summed E-state index contributed by atoms with van der Waals surface area (Å²) in [6, 6.07) is -1.00. The number of carboxylic acids is 2. The molecule has 0 saturated heterocycles. The Balaban J connectivity index is 0.00000900. The summed E-state index contributed by atoms with van der Waals surface area (Å²) in [6.07, 6.45) is 11.0. The van der Waals surface area contributed by atoms with E-state index in [2.05, 4.69) is 51.2 Å². The van der Waals surface area contributed by atoms with E-state index in [9.17, 15) is 19.5 Å². The zero-order chi connectivity index (χ0) is 22.7. The zero-order valence-corrected chi connectivity index (χ0v) is 19.3. The van der Waals surface area contributed by atoms with Crippen molar-refractivity contribution in [3.05, 3.63) is 34.9 Å². The molecule has 1 amide bonds. The highest BCUT2D eigenvalue weighted by molar-refractivity contribution is 7.99. The molecule has 1 rings (SSSR count). The van der Waals surface area contributed by atoms with Gasteiger partial charge in [0.15, 0.2) is 0 Å². The molecule has 2 unspecified atom stereocenters. The van der Waals surface area contributed by atoms with Crippen LogP contribution in [-0.2, 0) is 14.4 Å². The lowest BCUT2D eigenvalue weighted by Crippen LogP contribution is -2.43. The number of allylic oxidation sites excluding steroid dienone is 5. The number of nitrogens with one attached hydrogen (secondary N) is 1. The average molecular weight is 454 g/mol. The van der Waals surface area contributed by atoms with Crippen molar-refractivity contribution < 1.29 is 24.6 Å². The number of rotatable bonds is 14. The Morgan fingerprint density at radius 2 is 1.55 bits per heavy atom. The highest BCUT2D eigenvalue weighted by Gasteiger charge is 2.48. The second-order valence-electron chi connectivity index (χ2n) is 8.18. The third-order valence-electron chi connectivity index (χ3n) is 5.02. The van der Waals surface area contributed by atoms with Crippen LogP contribution in [0.2, 0.25) is 0 Å². The fourth-order valence-electron chi connectivity index (χ4n) is 2.94. The number of carboxylic acid groups (broad SMARTS) is 2. The summed E-state index contributed by atoms with van der Waals surface area (Å²) in [5.41, 5.74) is 4.00. The number of carbonyl (C=O) groups is 3. The first-order chi connectivity index (χ1) is 14.1. The zero-order valence-electron chi connectivity index (χ0n) is 18.4. The fraction of sp³-hybridized carbons (Fsp3) is 0.625. The summed E-state index contributed by atoms with van der Waals surface area (Å²) in [4.78, 5) is 34.2. The van der Waals surface area contributed by atoms with Gasteiger partial charge in [0.05, 0.1) is 11.8 Å². The molecule has 7 heteroatoms. The van der Waals surface area contributed by atoms with Gasteiger partial charge in [0, 0.05) is 11.5 Å². The van der Waals surface area contributed by atoms with E-state index < -0.39 is 35.7 Å². The summed E-state index contributed by atoms with van der Waals surface area (Å²) in [5.74, 6) is -2.94. The molecule has 0 aromatic carbocycles. The number of carbonyl (C=O) groups excluding carboxylic acids is 1. The van der Waals surface area contributed by atoms with Crippen molar-refractivity contribution in [3.8, 4) is 0 Å². The van der Waals surface area contributed by atoms with Crippen LogP contribution in [0.5, 0.6) is 0 Å². The molecule has 1 aliphatic carbocycles. The van der Waals surface area contributed by atoms with Gasteiger partial charge in [-0.15, -0.1) is 0 Å². The van der Waals surface area contributed by atoms with E-state index in [0.717, 1.165) is 25.7 Å². The number of aliphatic carboxylic acids is 2. The summed E-state index contributed by atoms with van der Waals surface area (Å²) in [7, 11) is 0. The minimum Gasteiger partial charge on any atom is -0.481 e. The maximum atomic E-state index is 12.0. The predicted octanol–water partition coefficient (Wildman–Crippen LogP) is 5.07. The molecule has 0 heterocycles. The molecule has 6 nitrogen and oxygen atoms in total. The van der Waals surface area contributed by atoms with Gasteiger partial charge in [0.2, 0.25) is 5.91 Å². The highest BCUT2D eigenvalue weighted by atomic mass is 32.2. The molecular weight excluding hydrogens is 414 g/mol. The van der Waals surface area contributed by atoms with Gasteiger partial charge in [-0.1, -0.05) is 42.4 Å². The van der Waals surface area contributed by atoms with E-state index in [4.69, 9.17) is 5.11 Å². The first-order valence-corrected chi connectivity index (χ1v) is 11.6. The Labute approximate surface area is 191 Å². The molecular formula is C24H39NO5S. The second-order valence-corrected chi connectivity index (χ2v) is 9.26. The summed E-state index contributed by atoms with van der Waals surface area (Å²) in [5, 5.41) is 20.6. The van der Waals surface area contributed by atoms with E-state index in [1.165, 1.54) is 28.5 Å². The van der Waals surface area contributed by atoms with Crippen LogP contribution in [0.4, 0.5) is 0 Å². The van der Waals surface area contributed by atoms with Gasteiger partial charge in [0.1, 0.15) is 6.04 Å². The number of hydrogen-bond donors (Lipinski definition) is 3. The van der Waals surface area contributed by atoms with Crippen LogP contribution in [0.3, 0.4) is 0 Å². The van der Waals surface area contributed by atoms with Crippen LogP contribution in [0.25, 0.3) is 0 Å². The SMILES string of the molecule is C.CC(C)=CCC/C(C)=C/CC/C(C)=C/CSC[C@H](NC(=O)C1CC1C(=O)O)C(=O)O. The van der Waals surface area contributed by atoms with Crippen LogP contribution >= 0.6 is 11.8 Å². The molecule has 0 aliphatic heterocycles. The van der Waals surface area contributed by atoms with Crippen LogP contribution < -0.4 is 5.32 Å². The fourth-order valence-corrected chi connectivity index (χ4v) is 3.94. The molecule has 0 aromatic rings. The lowest BCUT2D eigenvalue weighted by Gasteiger charge is -2.13. The highest BCUT2D eigenvalue weighted by Crippen LogP contribution is 2.38. The van der Waals surface area contributed by atoms with E-state index >= 15 is 0 Å². The van der Waals surface area contributed by atoms with Gasteiger partial charge >= 0.3 is 11.9 Å². The monoisotopic (exact) mass is 453 g/mol. The van der Waals surface area contributed by atoms with Gasteiger partial charge in [0.25, 0.3) is 0 Å². The van der Waals surface area contributed by atoms with Crippen molar-refractivity contribution in [2.45, 2.75) is 73.3 Å². The Hall–Kier alpha value is -2.02. The molecule has 0 radical (unpaired) electrons. The summed E-state index contributed by atoms with van der Waals surface area (Å²) >= 11 is 1.44. The Morgan fingerprint density at radius 1 is 0.968 bits per heavy atom. The number of hydrogen-bond acceptors (Lipinski definition) is 4. The van der Waals surface area contributed by atoms with Crippen molar-refractivity contribution in [2.75, 3.05) is 11.5 Å². The van der Waals surface area contributed by atoms with E-state index in [1.54, 1.807) is 0 Å². The van der Waals surface area contributed by atoms with Crippen LogP contribution in [0, 0.1) is 11.8 Å². The summed E-state index contributed by atoms with van der Waals surface area (Å²) < 4.78 is 0. The molecule has 176 valence electrons. The quantitative estimate of drug-likeness (QED) is 0.251. The van der Waals surface area contributed by atoms with E-state index in [1.807, 2.05) is 0 Å². The average Bonchev–Trinajstić information content (AvgIpc) is 3.44. The first-order valence-electron chi connectivity index (χ1n) is 10.4. The van der Waals surface area contributed by atoms with E-state index in [0.29, 0.717) is 5.75 Å².